The zero-order valence-electron chi connectivity index (χ0n) is 14.2. The Bertz CT molecular complexity index is 354. The van der Waals surface area contributed by atoms with E-state index in [4.69, 9.17) is 4.74 Å². The maximum atomic E-state index is 12.7. The van der Waals surface area contributed by atoms with Crippen LogP contribution >= 0.6 is 0 Å². The van der Waals surface area contributed by atoms with E-state index in [-0.39, 0.29) is 24.0 Å². The molecule has 0 spiro atoms. The monoisotopic (exact) mass is 297 g/mol. The molecule has 0 aromatic heterocycles. The van der Waals surface area contributed by atoms with Crippen LogP contribution in [0.25, 0.3) is 0 Å². The molecular formula is C17H31NO3. The van der Waals surface area contributed by atoms with E-state index >= 15 is 0 Å². The van der Waals surface area contributed by atoms with Crippen molar-refractivity contribution in [3.63, 3.8) is 0 Å². The second-order valence-corrected chi connectivity index (χ2v) is 7.26. The molecule has 0 bridgehead atoms. The van der Waals surface area contributed by atoms with Crippen molar-refractivity contribution >= 4 is 5.97 Å². The number of esters is 1. The minimum absolute atomic E-state index is 0.0147. The molecule has 1 aliphatic rings. The normalized spacial score (nSPS) is 26.9. The predicted molar refractivity (Wildman–Crippen MR) is 84.4 cm³/mol. The first kappa shape index (κ1) is 18.4. The van der Waals surface area contributed by atoms with Crippen LogP contribution in [0.5, 0.6) is 0 Å². The van der Waals surface area contributed by atoms with Crippen molar-refractivity contribution in [2.75, 3.05) is 13.2 Å². The van der Waals surface area contributed by atoms with Crippen molar-refractivity contribution in [2.45, 2.75) is 65.5 Å². The van der Waals surface area contributed by atoms with Crippen LogP contribution in [0.2, 0.25) is 0 Å². The van der Waals surface area contributed by atoms with Gasteiger partial charge in [0.25, 0.3) is 0 Å². The molecule has 0 saturated carbocycles. The largest absolute Gasteiger partial charge is 0.465 e. The van der Waals surface area contributed by atoms with E-state index in [1.165, 1.54) is 0 Å². The number of ether oxygens (including phenoxy) is 1. The smallest absolute Gasteiger partial charge is 0.314 e. The van der Waals surface area contributed by atoms with Gasteiger partial charge < -0.3 is 15.2 Å². The van der Waals surface area contributed by atoms with Gasteiger partial charge in [-0.3, -0.25) is 4.79 Å². The van der Waals surface area contributed by atoms with Gasteiger partial charge in [0, 0.05) is 11.5 Å². The highest BCUT2D eigenvalue weighted by Gasteiger charge is 2.52. The molecule has 2 atom stereocenters. The Balaban J connectivity index is 2.94. The van der Waals surface area contributed by atoms with Gasteiger partial charge in [-0.25, -0.2) is 0 Å². The number of carbonyl (C=O) groups excluding carboxylic acids is 1. The van der Waals surface area contributed by atoms with Gasteiger partial charge >= 0.3 is 5.97 Å². The van der Waals surface area contributed by atoms with Crippen molar-refractivity contribution in [1.29, 1.82) is 0 Å². The molecule has 1 heterocycles. The standard InChI is InChI=1S/C17H31NO3/c1-7-13(4)10-21-15(20)17(14(19)12(2)3)8-9-18-16(5,6)11-17/h12,14,18-19H,4,7-11H2,1-3,5-6H3. The van der Waals surface area contributed by atoms with Crippen LogP contribution in [-0.2, 0) is 9.53 Å². The molecule has 2 N–H and O–H groups in total. The van der Waals surface area contributed by atoms with Gasteiger partial charge in [0.15, 0.2) is 0 Å². The molecule has 1 aliphatic heterocycles. The molecular weight excluding hydrogens is 266 g/mol. The van der Waals surface area contributed by atoms with Crippen LogP contribution in [0.1, 0.15) is 53.9 Å². The maximum Gasteiger partial charge on any atom is 0.314 e. The number of carbonyl (C=O) groups is 1. The lowest BCUT2D eigenvalue weighted by molar-refractivity contribution is -0.171. The summed E-state index contributed by atoms with van der Waals surface area (Å²) in [7, 11) is 0. The summed E-state index contributed by atoms with van der Waals surface area (Å²) >= 11 is 0. The second kappa shape index (κ2) is 7.10. The highest BCUT2D eigenvalue weighted by molar-refractivity contribution is 5.78. The predicted octanol–water partition coefficient (Wildman–Crippen LogP) is 2.51. The van der Waals surface area contributed by atoms with Crippen molar-refractivity contribution in [2.24, 2.45) is 11.3 Å². The number of piperidine rings is 1. The molecule has 122 valence electrons. The number of rotatable bonds is 6. The van der Waals surface area contributed by atoms with Crippen LogP contribution in [0.4, 0.5) is 0 Å². The molecule has 21 heavy (non-hydrogen) atoms. The van der Waals surface area contributed by atoms with E-state index in [9.17, 15) is 9.90 Å². The van der Waals surface area contributed by atoms with Crippen LogP contribution in [0.15, 0.2) is 0 Å². The first-order chi connectivity index (χ1) is 9.64. The Hall–Kier alpha value is -0.610. The first-order valence-electron chi connectivity index (χ1n) is 7.91. The second-order valence-electron chi connectivity index (χ2n) is 7.26. The summed E-state index contributed by atoms with van der Waals surface area (Å²) in [4.78, 5) is 12.7. The number of aliphatic hydroxyl groups is 1. The highest BCUT2D eigenvalue weighted by Crippen LogP contribution is 2.42. The van der Waals surface area contributed by atoms with E-state index in [1.54, 1.807) is 0 Å². The topological polar surface area (TPSA) is 58.6 Å². The summed E-state index contributed by atoms with van der Waals surface area (Å²) in [6.45, 7) is 14.8. The molecule has 1 saturated heterocycles. The van der Waals surface area contributed by atoms with Crippen LogP contribution in [0, 0.1) is 24.2 Å². The molecule has 0 aliphatic carbocycles. The van der Waals surface area contributed by atoms with Gasteiger partial charge in [-0.15, -0.1) is 0 Å². The average Bonchev–Trinajstić information content (AvgIpc) is 2.41. The van der Waals surface area contributed by atoms with Gasteiger partial charge in [-0.05, 0) is 52.5 Å². The molecule has 1 rings (SSSR count). The fourth-order valence-corrected chi connectivity index (χ4v) is 3.16. The third-order valence-corrected chi connectivity index (χ3v) is 4.44. The minimum Gasteiger partial charge on any atom is -0.465 e. The number of hydrogen-bond acceptors (Lipinski definition) is 4. The molecule has 2 radical (unpaired) electrons. The SMILES string of the molecule is [CH2][C](CC)COC(=O)C1(C(O)C(C)C)CCNC(C)(C)C1. The molecule has 0 aromatic rings. The fraction of sp³-hybridized carbons (Fsp3) is 0.824. The minimum atomic E-state index is -0.822. The molecule has 4 nitrogen and oxygen atoms in total. The van der Waals surface area contributed by atoms with E-state index in [0.717, 1.165) is 12.3 Å². The number of nitrogens with one attached hydrogen (secondary N) is 1. The lowest BCUT2D eigenvalue weighted by Gasteiger charge is -2.47. The van der Waals surface area contributed by atoms with E-state index in [2.05, 4.69) is 26.1 Å². The van der Waals surface area contributed by atoms with Crippen molar-refractivity contribution < 1.29 is 14.6 Å². The van der Waals surface area contributed by atoms with E-state index < -0.39 is 11.5 Å². The number of aliphatic hydroxyl groups excluding tert-OH is 1. The van der Waals surface area contributed by atoms with Crippen LogP contribution < -0.4 is 5.32 Å². The van der Waals surface area contributed by atoms with Gasteiger partial charge in [-0.1, -0.05) is 20.8 Å². The first-order valence-corrected chi connectivity index (χ1v) is 7.91. The third-order valence-electron chi connectivity index (χ3n) is 4.44. The van der Waals surface area contributed by atoms with Gasteiger partial charge in [0.2, 0.25) is 0 Å². The molecule has 0 amide bonds. The molecule has 1 fully saturated rings. The fourth-order valence-electron chi connectivity index (χ4n) is 3.16. The average molecular weight is 297 g/mol. The Morgan fingerprint density at radius 2 is 2.05 bits per heavy atom. The number of hydrogen-bond donors (Lipinski definition) is 2. The summed E-state index contributed by atoms with van der Waals surface area (Å²) in [5, 5.41) is 14.1. The zero-order chi connectivity index (χ0) is 16.3. The van der Waals surface area contributed by atoms with Crippen LogP contribution in [0.3, 0.4) is 0 Å². The van der Waals surface area contributed by atoms with E-state index in [0.29, 0.717) is 19.4 Å². The summed E-state index contributed by atoms with van der Waals surface area (Å²) in [6, 6.07) is 0. The molecule has 0 aromatic carbocycles. The van der Waals surface area contributed by atoms with Crippen molar-refractivity contribution in [3.05, 3.63) is 12.8 Å². The summed E-state index contributed by atoms with van der Waals surface area (Å²) in [6.07, 6.45) is 1.28. The van der Waals surface area contributed by atoms with Crippen LogP contribution in [-0.4, -0.2) is 35.9 Å². The Kier molecular flexibility index (Phi) is 6.23. The lowest BCUT2D eigenvalue weighted by atomic mass is 9.65. The lowest BCUT2D eigenvalue weighted by Crippen LogP contribution is -2.59. The zero-order valence-corrected chi connectivity index (χ0v) is 14.2. The summed E-state index contributed by atoms with van der Waals surface area (Å²) in [5.74, 6) is 0.624. The Labute approximate surface area is 129 Å². The van der Waals surface area contributed by atoms with Gasteiger partial charge in [-0.2, -0.15) is 0 Å². The maximum absolute atomic E-state index is 12.7. The van der Waals surface area contributed by atoms with Crippen molar-refractivity contribution in [3.8, 4) is 0 Å². The Morgan fingerprint density at radius 3 is 2.52 bits per heavy atom. The molecule has 2 unspecified atom stereocenters. The Morgan fingerprint density at radius 1 is 1.43 bits per heavy atom. The molecule has 4 heteroatoms. The van der Waals surface area contributed by atoms with Gasteiger partial charge in [0.1, 0.15) is 0 Å². The summed E-state index contributed by atoms with van der Waals surface area (Å²) < 4.78 is 5.48. The third kappa shape index (κ3) is 4.43. The quantitative estimate of drug-likeness (QED) is 0.740. The highest BCUT2D eigenvalue weighted by atomic mass is 16.5. The van der Waals surface area contributed by atoms with Crippen molar-refractivity contribution in [1.82, 2.24) is 5.32 Å². The van der Waals surface area contributed by atoms with Gasteiger partial charge in [0.05, 0.1) is 18.1 Å². The summed E-state index contributed by atoms with van der Waals surface area (Å²) in [5.41, 5.74) is -1.01. The van der Waals surface area contributed by atoms with E-state index in [1.807, 2.05) is 20.8 Å².